The number of hydrogen-bond acceptors (Lipinski definition) is 7. The van der Waals surface area contributed by atoms with Crippen LogP contribution in [0.25, 0.3) is 5.65 Å². The highest BCUT2D eigenvalue weighted by Crippen LogP contribution is 2.43. The molecule has 0 radical (unpaired) electrons. The number of amides is 1. The monoisotopic (exact) mass is 503 g/mol. The molecule has 36 heavy (non-hydrogen) atoms. The van der Waals surface area contributed by atoms with Crippen molar-refractivity contribution in [2.75, 3.05) is 11.9 Å². The minimum Gasteiger partial charge on any atom is -0.485 e. The van der Waals surface area contributed by atoms with Crippen LogP contribution in [0, 0.1) is 11.6 Å². The van der Waals surface area contributed by atoms with Gasteiger partial charge in [0.1, 0.15) is 28.3 Å². The van der Waals surface area contributed by atoms with E-state index in [1.54, 1.807) is 40.7 Å². The van der Waals surface area contributed by atoms with Crippen molar-refractivity contribution >= 4 is 23.5 Å². The van der Waals surface area contributed by atoms with Crippen LogP contribution >= 0.6 is 0 Å². The Labute approximate surface area is 205 Å². The fraction of sp³-hybridized carbons (Fsp3) is 0.417. The summed E-state index contributed by atoms with van der Waals surface area (Å²) in [6.45, 7) is 8.61. The van der Waals surface area contributed by atoms with Crippen molar-refractivity contribution in [3.63, 3.8) is 0 Å². The minimum atomic E-state index is -1.17. The third-order valence-corrected chi connectivity index (χ3v) is 5.63. The number of fused-ring (bicyclic) bond motifs is 2. The van der Waals surface area contributed by atoms with Crippen LogP contribution < -0.4 is 15.4 Å². The predicted octanol–water partition coefficient (Wildman–Crippen LogP) is 4.10. The maximum Gasteiger partial charge on any atom is 0.407 e. The first-order valence-corrected chi connectivity index (χ1v) is 11.3. The topological polar surface area (TPSA) is 127 Å². The third kappa shape index (κ3) is 5.02. The van der Waals surface area contributed by atoms with Gasteiger partial charge in [-0.2, -0.15) is 5.10 Å². The highest BCUT2D eigenvalue weighted by atomic mass is 19.2. The van der Waals surface area contributed by atoms with Gasteiger partial charge < -0.3 is 25.2 Å². The number of nitrogens with one attached hydrogen (secondary N) is 2. The molecule has 2 unspecified atom stereocenters. The first-order valence-electron chi connectivity index (χ1n) is 11.3. The Morgan fingerprint density at radius 2 is 2.08 bits per heavy atom. The molecule has 1 aliphatic heterocycles. The fourth-order valence-electron chi connectivity index (χ4n) is 4.01. The van der Waals surface area contributed by atoms with Crippen molar-refractivity contribution in [3.8, 4) is 5.75 Å². The Bertz CT molecular complexity index is 1350. The number of rotatable bonds is 6. The molecule has 0 fully saturated rings. The molecule has 1 amide bonds. The molecule has 4 rings (SSSR count). The lowest BCUT2D eigenvalue weighted by molar-refractivity contribution is 0.0447. The number of hydrogen-bond donors (Lipinski definition) is 3. The first kappa shape index (κ1) is 25.1. The molecule has 192 valence electrons. The molecular weight excluding hydrogens is 476 g/mol. The molecule has 2 atom stereocenters. The molecule has 0 aliphatic carbocycles. The highest BCUT2D eigenvalue weighted by Gasteiger charge is 2.40. The summed E-state index contributed by atoms with van der Waals surface area (Å²) < 4.78 is 41.9. The second kappa shape index (κ2) is 8.92. The normalized spacial score (nSPS) is 17.9. The van der Waals surface area contributed by atoms with E-state index in [1.807, 2.05) is 0 Å². The van der Waals surface area contributed by atoms with Crippen molar-refractivity contribution in [2.24, 2.45) is 0 Å². The van der Waals surface area contributed by atoms with E-state index in [-0.39, 0.29) is 35.5 Å². The largest absolute Gasteiger partial charge is 0.485 e. The Kier molecular flexibility index (Phi) is 6.23. The van der Waals surface area contributed by atoms with Crippen LogP contribution in [-0.2, 0) is 11.2 Å². The molecule has 0 saturated carbocycles. The van der Waals surface area contributed by atoms with Gasteiger partial charge >= 0.3 is 12.1 Å². The van der Waals surface area contributed by atoms with Gasteiger partial charge in [0, 0.05) is 23.7 Å². The lowest BCUT2D eigenvalue weighted by Crippen LogP contribution is -2.45. The number of ether oxygens (including phenoxy) is 2. The van der Waals surface area contributed by atoms with Gasteiger partial charge in [-0.1, -0.05) is 0 Å². The average molecular weight is 504 g/mol. The van der Waals surface area contributed by atoms with Gasteiger partial charge in [0.05, 0.1) is 18.8 Å². The average Bonchev–Trinajstić information content (AvgIpc) is 3.35. The molecule has 0 saturated heterocycles. The number of benzene rings is 1. The van der Waals surface area contributed by atoms with Gasteiger partial charge in [0.15, 0.2) is 17.3 Å². The van der Waals surface area contributed by atoms with Crippen LogP contribution in [0.1, 0.15) is 62.1 Å². The zero-order valence-corrected chi connectivity index (χ0v) is 20.5. The van der Waals surface area contributed by atoms with E-state index in [2.05, 4.69) is 20.7 Å². The third-order valence-electron chi connectivity index (χ3n) is 5.63. The van der Waals surface area contributed by atoms with E-state index in [0.29, 0.717) is 11.4 Å². The lowest BCUT2D eigenvalue weighted by Gasteiger charge is -2.27. The van der Waals surface area contributed by atoms with E-state index in [4.69, 9.17) is 9.47 Å². The van der Waals surface area contributed by atoms with E-state index < -0.39 is 40.9 Å². The lowest BCUT2D eigenvalue weighted by atomic mass is 9.96. The number of carboxylic acids is 1. The summed E-state index contributed by atoms with van der Waals surface area (Å²) in [7, 11) is 0. The summed E-state index contributed by atoms with van der Waals surface area (Å²) in [4.78, 5) is 27.8. The summed E-state index contributed by atoms with van der Waals surface area (Å²) in [6, 6.07) is 2.04. The summed E-state index contributed by atoms with van der Waals surface area (Å²) >= 11 is 0. The van der Waals surface area contributed by atoms with Crippen LogP contribution in [-0.4, -0.2) is 49.5 Å². The number of carbonyl (C=O) groups is 2. The maximum atomic E-state index is 14.7. The van der Waals surface area contributed by atoms with E-state index >= 15 is 0 Å². The van der Waals surface area contributed by atoms with Crippen molar-refractivity contribution in [3.05, 3.63) is 52.9 Å². The zero-order valence-electron chi connectivity index (χ0n) is 20.5. The molecule has 1 aromatic carbocycles. The molecule has 3 N–H and O–H groups in total. The van der Waals surface area contributed by atoms with Crippen LogP contribution in [0.5, 0.6) is 5.75 Å². The molecule has 0 bridgehead atoms. The van der Waals surface area contributed by atoms with Gasteiger partial charge in [-0.3, -0.25) is 0 Å². The summed E-state index contributed by atoms with van der Waals surface area (Å²) in [5, 5.41) is 19.0. The van der Waals surface area contributed by atoms with Gasteiger partial charge in [0.25, 0.3) is 0 Å². The fourth-order valence-corrected chi connectivity index (χ4v) is 4.01. The van der Waals surface area contributed by atoms with Crippen molar-refractivity contribution in [2.45, 2.75) is 58.3 Å². The molecule has 10 nitrogen and oxygen atoms in total. The Morgan fingerprint density at radius 1 is 1.36 bits per heavy atom. The van der Waals surface area contributed by atoms with Crippen molar-refractivity contribution in [1.29, 1.82) is 0 Å². The van der Waals surface area contributed by atoms with E-state index in [9.17, 15) is 23.5 Å². The molecular formula is C24H27F2N5O5. The molecule has 2 aromatic heterocycles. The van der Waals surface area contributed by atoms with Crippen LogP contribution in [0.15, 0.2) is 24.5 Å². The number of halogens is 2. The molecule has 0 spiro atoms. The first-order chi connectivity index (χ1) is 16.8. The summed E-state index contributed by atoms with van der Waals surface area (Å²) in [5.74, 6) is -2.72. The number of aromatic carboxylic acids is 1. The second-order valence-corrected chi connectivity index (χ2v) is 9.96. The Balaban J connectivity index is 1.57. The second-order valence-electron chi connectivity index (χ2n) is 9.96. The zero-order chi connectivity index (χ0) is 26.4. The van der Waals surface area contributed by atoms with Crippen LogP contribution in [0.3, 0.4) is 0 Å². The summed E-state index contributed by atoms with van der Waals surface area (Å²) in [6.07, 6.45) is 2.12. The van der Waals surface area contributed by atoms with Crippen LogP contribution in [0.2, 0.25) is 0 Å². The van der Waals surface area contributed by atoms with Gasteiger partial charge in [0.2, 0.25) is 0 Å². The maximum absolute atomic E-state index is 14.7. The molecule has 3 heterocycles. The van der Waals surface area contributed by atoms with Crippen molar-refractivity contribution < 1.29 is 33.0 Å². The number of carbonyl (C=O) groups excluding carboxylic acids is 1. The quantitative estimate of drug-likeness (QED) is 0.459. The molecule has 3 aromatic rings. The number of anilines is 1. The molecule has 1 aliphatic rings. The van der Waals surface area contributed by atoms with Gasteiger partial charge in [-0.25, -0.2) is 27.9 Å². The number of carboxylic acid groups (broad SMARTS) is 1. The number of alkyl carbamates (subject to hydrolysis) is 1. The Morgan fingerprint density at radius 3 is 2.75 bits per heavy atom. The van der Waals surface area contributed by atoms with Crippen molar-refractivity contribution in [1.82, 2.24) is 19.9 Å². The smallest absolute Gasteiger partial charge is 0.407 e. The van der Waals surface area contributed by atoms with E-state index in [0.717, 1.165) is 6.07 Å². The van der Waals surface area contributed by atoms with Crippen LogP contribution in [0.4, 0.5) is 19.4 Å². The molecule has 12 heteroatoms. The van der Waals surface area contributed by atoms with Gasteiger partial charge in [-0.05, 0) is 46.8 Å². The van der Waals surface area contributed by atoms with Gasteiger partial charge in [-0.15, -0.1) is 0 Å². The number of aromatic nitrogens is 3. The summed E-state index contributed by atoms with van der Waals surface area (Å²) in [5.41, 5.74) is -1.25. The van der Waals surface area contributed by atoms with E-state index in [1.165, 1.54) is 16.9 Å². The Hall–Kier alpha value is -3.96. The predicted molar refractivity (Wildman–Crippen MR) is 125 cm³/mol. The SMILES string of the molecule is CC(Nc1ccn2ncc(C(=O)O)c2n1)c1cc(F)c(F)c2c1OC(C)(CNC(=O)OC(C)(C)C)C2. The standard InChI is InChI=1S/C24H27F2N5O5/c1-12(29-17-6-7-31-20(30-17)15(10-28-31)21(32)33)13-8-16(25)18(26)14-9-24(5,35-19(13)14)11-27-22(34)36-23(2,3)4/h6-8,10,12H,9,11H2,1-5H3,(H,27,34)(H,29,30)(H,32,33). The minimum absolute atomic E-state index is 0.0102. The highest BCUT2D eigenvalue weighted by molar-refractivity contribution is 5.94. The number of nitrogens with zero attached hydrogens (tertiary/aromatic N) is 3.